The molecule has 1 N–H and O–H groups in total. The van der Waals surface area contributed by atoms with Gasteiger partial charge in [-0.25, -0.2) is 12.8 Å². The summed E-state index contributed by atoms with van der Waals surface area (Å²) in [6.45, 7) is 2.71. The summed E-state index contributed by atoms with van der Waals surface area (Å²) < 4.78 is 37.4. The number of carbonyl (C=O) groups excluding carboxylic acids is 1. The molecule has 1 heterocycles. The van der Waals surface area contributed by atoms with E-state index in [1.165, 1.54) is 16.4 Å². The van der Waals surface area contributed by atoms with Gasteiger partial charge in [-0.1, -0.05) is 19.1 Å². The highest BCUT2D eigenvalue weighted by atomic mass is 32.2. The number of hydrogen-bond acceptors (Lipinski definition) is 3. The zero-order valence-electron chi connectivity index (χ0n) is 12.8. The molecule has 1 saturated heterocycles. The van der Waals surface area contributed by atoms with Crippen LogP contribution in [0.5, 0.6) is 0 Å². The average Bonchev–Trinajstić information content (AvgIpc) is 2.94. The number of amides is 1. The van der Waals surface area contributed by atoms with E-state index in [0.29, 0.717) is 25.9 Å². The molecule has 0 spiro atoms. The summed E-state index contributed by atoms with van der Waals surface area (Å²) in [4.78, 5) is 12.2. The average molecular weight is 328 g/mol. The van der Waals surface area contributed by atoms with Gasteiger partial charge in [0.2, 0.25) is 15.9 Å². The van der Waals surface area contributed by atoms with Crippen LogP contribution in [0.2, 0.25) is 0 Å². The van der Waals surface area contributed by atoms with Crippen LogP contribution in [0.25, 0.3) is 0 Å². The van der Waals surface area contributed by atoms with Crippen molar-refractivity contribution >= 4 is 15.9 Å². The summed E-state index contributed by atoms with van der Waals surface area (Å²) in [5.74, 6) is -0.538. The monoisotopic (exact) mass is 328 g/mol. The molecule has 1 amide bonds. The second kappa shape index (κ2) is 6.75. The Morgan fingerprint density at radius 3 is 2.64 bits per heavy atom. The normalized spacial score (nSPS) is 20.8. The summed E-state index contributed by atoms with van der Waals surface area (Å²) in [5.41, 5.74) is 0.924. The number of nitrogens with one attached hydrogen (secondary N) is 1. The van der Waals surface area contributed by atoms with Crippen LogP contribution in [0.1, 0.15) is 31.2 Å². The van der Waals surface area contributed by atoms with Crippen LogP contribution in [0, 0.1) is 5.82 Å². The van der Waals surface area contributed by atoms with Gasteiger partial charge in [-0.15, -0.1) is 0 Å². The van der Waals surface area contributed by atoms with Crippen LogP contribution in [0.4, 0.5) is 4.39 Å². The minimum absolute atomic E-state index is 0.0256. The summed E-state index contributed by atoms with van der Waals surface area (Å²) in [7, 11) is -3.36. The van der Waals surface area contributed by atoms with Crippen LogP contribution >= 0.6 is 0 Å². The predicted octanol–water partition coefficient (Wildman–Crippen LogP) is 1.47. The molecule has 0 aromatic heterocycles. The first-order valence-corrected chi connectivity index (χ1v) is 9.14. The minimum Gasteiger partial charge on any atom is -0.354 e. The molecular formula is C15H21FN2O3S. The number of hydrogen-bond donors (Lipinski definition) is 1. The van der Waals surface area contributed by atoms with Gasteiger partial charge in [0.25, 0.3) is 0 Å². The van der Waals surface area contributed by atoms with Crippen molar-refractivity contribution in [3.8, 4) is 0 Å². The Hall–Kier alpha value is -1.47. The fourth-order valence-electron chi connectivity index (χ4n) is 2.68. The highest BCUT2D eigenvalue weighted by molar-refractivity contribution is 7.88. The van der Waals surface area contributed by atoms with Crippen LogP contribution in [-0.4, -0.2) is 44.0 Å². The van der Waals surface area contributed by atoms with Gasteiger partial charge in [-0.2, -0.15) is 4.31 Å². The van der Waals surface area contributed by atoms with Gasteiger partial charge in [0.05, 0.1) is 6.26 Å². The molecular weight excluding hydrogens is 307 g/mol. The van der Waals surface area contributed by atoms with Crippen molar-refractivity contribution in [2.75, 3.05) is 19.3 Å². The highest BCUT2D eigenvalue weighted by Crippen LogP contribution is 2.21. The molecule has 1 aliphatic heterocycles. The van der Waals surface area contributed by atoms with Crippen molar-refractivity contribution in [3.63, 3.8) is 0 Å². The molecule has 2 atom stereocenters. The maximum absolute atomic E-state index is 12.9. The number of halogens is 1. The Kier molecular flexibility index (Phi) is 5.18. The van der Waals surface area contributed by atoms with E-state index in [1.807, 2.05) is 6.92 Å². The lowest BCUT2D eigenvalue weighted by Gasteiger charge is -2.22. The maximum Gasteiger partial charge on any atom is 0.238 e. The highest BCUT2D eigenvalue weighted by Gasteiger charge is 2.36. The largest absolute Gasteiger partial charge is 0.354 e. The van der Waals surface area contributed by atoms with Gasteiger partial charge in [-0.05, 0) is 36.5 Å². The van der Waals surface area contributed by atoms with Crippen molar-refractivity contribution in [2.24, 2.45) is 0 Å². The first-order chi connectivity index (χ1) is 10.3. The first kappa shape index (κ1) is 16.9. The van der Waals surface area contributed by atoms with Crippen LogP contribution in [0.3, 0.4) is 0 Å². The molecule has 5 nitrogen and oxygen atoms in total. The van der Waals surface area contributed by atoms with Gasteiger partial charge in [0, 0.05) is 13.1 Å². The number of sulfonamides is 1. The molecule has 0 aliphatic carbocycles. The molecule has 1 aromatic carbocycles. The quantitative estimate of drug-likeness (QED) is 0.890. The van der Waals surface area contributed by atoms with Crippen LogP contribution in [-0.2, 0) is 14.8 Å². The number of nitrogens with zero attached hydrogens (tertiary/aromatic N) is 1. The van der Waals surface area contributed by atoms with E-state index >= 15 is 0 Å². The van der Waals surface area contributed by atoms with Crippen molar-refractivity contribution in [1.82, 2.24) is 9.62 Å². The summed E-state index contributed by atoms with van der Waals surface area (Å²) in [6, 6.07) is 5.52. The first-order valence-electron chi connectivity index (χ1n) is 7.29. The van der Waals surface area contributed by atoms with E-state index in [1.54, 1.807) is 12.1 Å². The van der Waals surface area contributed by atoms with E-state index in [4.69, 9.17) is 0 Å². The summed E-state index contributed by atoms with van der Waals surface area (Å²) >= 11 is 0. The third-order valence-electron chi connectivity index (χ3n) is 3.95. The molecule has 0 bridgehead atoms. The van der Waals surface area contributed by atoms with E-state index in [9.17, 15) is 17.6 Å². The van der Waals surface area contributed by atoms with Gasteiger partial charge in [0.15, 0.2) is 0 Å². The molecule has 1 fully saturated rings. The zero-order valence-corrected chi connectivity index (χ0v) is 13.6. The lowest BCUT2D eigenvalue weighted by Crippen LogP contribution is -2.46. The van der Waals surface area contributed by atoms with Gasteiger partial charge < -0.3 is 5.32 Å². The molecule has 7 heteroatoms. The van der Waals surface area contributed by atoms with Gasteiger partial charge >= 0.3 is 0 Å². The SMILES string of the molecule is CC(CNC(=O)C1CCCN1S(C)(=O)=O)c1ccc(F)cc1. The smallest absolute Gasteiger partial charge is 0.238 e. The summed E-state index contributed by atoms with van der Waals surface area (Å²) in [5, 5.41) is 2.80. The second-order valence-corrected chi connectivity index (χ2v) is 7.66. The molecule has 0 radical (unpaired) electrons. The Morgan fingerprint density at radius 1 is 1.41 bits per heavy atom. The van der Waals surface area contributed by atoms with Crippen LogP contribution in [0.15, 0.2) is 24.3 Å². The van der Waals surface area contributed by atoms with E-state index in [2.05, 4.69) is 5.32 Å². The second-order valence-electron chi connectivity index (χ2n) is 5.73. The molecule has 2 unspecified atom stereocenters. The molecule has 122 valence electrons. The fraction of sp³-hybridized carbons (Fsp3) is 0.533. The van der Waals surface area contributed by atoms with Crippen LogP contribution < -0.4 is 5.32 Å². The number of rotatable bonds is 5. The third kappa shape index (κ3) is 4.04. The third-order valence-corrected chi connectivity index (χ3v) is 5.24. The van der Waals surface area contributed by atoms with Crippen molar-refractivity contribution < 1.29 is 17.6 Å². The Labute approximate surface area is 130 Å². The van der Waals surface area contributed by atoms with E-state index in [-0.39, 0.29) is 17.6 Å². The zero-order chi connectivity index (χ0) is 16.3. The molecule has 22 heavy (non-hydrogen) atoms. The van der Waals surface area contributed by atoms with E-state index in [0.717, 1.165) is 11.8 Å². The van der Waals surface area contributed by atoms with Crippen molar-refractivity contribution in [2.45, 2.75) is 31.7 Å². The topological polar surface area (TPSA) is 66.5 Å². The van der Waals surface area contributed by atoms with Gasteiger partial charge in [-0.3, -0.25) is 4.79 Å². The molecule has 1 aromatic rings. The Morgan fingerprint density at radius 2 is 2.05 bits per heavy atom. The molecule has 0 saturated carbocycles. The van der Waals surface area contributed by atoms with Gasteiger partial charge in [0.1, 0.15) is 11.9 Å². The van der Waals surface area contributed by atoms with E-state index < -0.39 is 16.1 Å². The lowest BCUT2D eigenvalue weighted by atomic mass is 10.0. The molecule has 2 rings (SSSR count). The predicted molar refractivity (Wildman–Crippen MR) is 82.4 cm³/mol. The number of benzene rings is 1. The molecule has 1 aliphatic rings. The lowest BCUT2D eigenvalue weighted by molar-refractivity contribution is -0.124. The summed E-state index contributed by atoms with van der Waals surface area (Å²) in [6.07, 6.45) is 2.36. The maximum atomic E-state index is 12.9. The fourth-order valence-corrected chi connectivity index (χ4v) is 3.80. The number of carbonyl (C=O) groups is 1. The van der Waals surface area contributed by atoms with Crippen molar-refractivity contribution in [1.29, 1.82) is 0 Å². The minimum atomic E-state index is -3.36. The standard InChI is InChI=1S/C15H21FN2O3S/c1-11(12-5-7-13(16)8-6-12)10-17-15(19)14-4-3-9-18(14)22(2,20)21/h5-8,11,14H,3-4,9-10H2,1-2H3,(H,17,19). The Bertz CT molecular complexity index is 631. The Balaban J connectivity index is 1.93. The van der Waals surface area contributed by atoms with Crippen molar-refractivity contribution in [3.05, 3.63) is 35.6 Å².